The Labute approximate surface area is 90.2 Å². The van der Waals surface area contributed by atoms with Gasteiger partial charge in [-0.15, -0.1) is 0 Å². The smallest absolute Gasteiger partial charge is 0.226 e. The fourth-order valence-corrected chi connectivity index (χ4v) is 2.40. The van der Waals surface area contributed by atoms with Crippen molar-refractivity contribution < 1.29 is 4.52 Å². The number of aryl methyl sites for hydroxylation is 1. The van der Waals surface area contributed by atoms with Gasteiger partial charge in [-0.1, -0.05) is 31.8 Å². The Kier molecular flexibility index (Phi) is 2.78. The quantitative estimate of drug-likeness (QED) is 0.809. The monoisotopic (exact) mass is 209 g/mol. The molecule has 0 spiro atoms. The third-order valence-electron chi connectivity index (χ3n) is 3.25. The van der Waals surface area contributed by atoms with Gasteiger partial charge in [0.2, 0.25) is 5.89 Å². The minimum absolute atomic E-state index is 0.353. The lowest BCUT2D eigenvalue weighted by molar-refractivity contribution is 0.221. The van der Waals surface area contributed by atoms with Crippen molar-refractivity contribution in [1.82, 2.24) is 10.1 Å². The summed E-state index contributed by atoms with van der Waals surface area (Å²) in [4.78, 5) is 4.36. The van der Waals surface area contributed by atoms with E-state index in [-0.39, 0.29) is 5.54 Å². The largest absolute Gasteiger partial charge is 0.339 e. The van der Waals surface area contributed by atoms with Gasteiger partial charge in [-0.3, -0.25) is 0 Å². The van der Waals surface area contributed by atoms with Crippen LogP contribution in [0.4, 0.5) is 0 Å². The van der Waals surface area contributed by atoms with Crippen LogP contribution < -0.4 is 5.73 Å². The molecule has 1 fully saturated rings. The molecule has 0 aliphatic heterocycles. The predicted molar refractivity (Wildman–Crippen MR) is 57.2 cm³/mol. The van der Waals surface area contributed by atoms with Crippen molar-refractivity contribution in [3.8, 4) is 0 Å². The highest BCUT2D eigenvalue weighted by Crippen LogP contribution is 2.36. The van der Waals surface area contributed by atoms with E-state index in [1.54, 1.807) is 0 Å². The number of rotatable bonds is 2. The van der Waals surface area contributed by atoms with Crippen LogP contribution in [0.15, 0.2) is 4.52 Å². The van der Waals surface area contributed by atoms with Crippen LogP contribution in [0.3, 0.4) is 0 Å². The second kappa shape index (κ2) is 3.93. The van der Waals surface area contributed by atoms with Gasteiger partial charge >= 0.3 is 0 Å². The number of hydrogen-bond acceptors (Lipinski definition) is 4. The van der Waals surface area contributed by atoms with Gasteiger partial charge in [0.15, 0.2) is 5.82 Å². The minimum Gasteiger partial charge on any atom is -0.339 e. The summed E-state index contributed by atoms with van der Waals surface area (Å²) in [5.41, 5.74) is 6.00. The predicted octanol–water partition coefficient (Wildman–Crippen LogP) is 2.00. The molecule has 1 aliphatic carbocycles. The SMILES string of the molecule is CCc1nc(C2(N)CCCC(C)C2)no1. The molecule has 1 aromatic heterocycles. The normalized spacial score (nSPS) is 31.8. The summed E-state index contributed by atoms with van der Waals surface area (Å²) in [6.07, 6.45) is 5.14. The Morgan fingerprint density at radius 1 is 1.60 bits per heavy atom. The average molecular weight is 209 g/mol. The summed E-state index contributed by atoms with van der Waals surface area (Å²) < 4.78 is 5.13. The highest BCUT2D eigenvalue weighted by atomic mass is 16.5. The van der Waals surface area contributed by atoms with E-state index in [9.17, 15) is 0 Å². The molecule has 0 radical (unpaired) electrons. The van der Waals surface area contributed by atoms with E-state index < -0.39 is 0 Å². The first kappa shape index (κ1) is 10.6. The molecule has 4 nitrogen and oxygen atoms in total. The number of nitrogens with zero attached hydrogens (tertiary/aromatic N) is 2. The van der Waals surface area contributed by atoms with Crippen LogP contribution in [0.25, 0.3) is 0 Å². The molecule has 1 aliphatic rings. The topological polar surface area (TPSA) is 64.9 Å². The zero-order valence-corrected chi connectivity index (χ0v) is 9.49. The molecule has 2 rings (SSSR count). The fraction of sp³-hybridized carbons (Fsp3) is 0.818. The summed E-state index contributed by atoms with van der Waals surface area (Å²) in [6.45, 7) is 4.24. The van der Waals surface area contributed by atoms with Gasteiger partial charge in [-0.2, -0.15) is 4.98 Å². The molecule has 0 aromatic carbocycles. The van der Waals surface area contributed by atoms with Crippen LogP contribution in [0.5, 0.6) is 0 Å². The summed E-state index contributed by atoms with van der Waals surface area (Å²) in [5, 5.41) is 4.01. The number of nitrogens with two attached hydrogens (primary N) is 1. The van der Waals surface area contributed by atoms with Crippen LogP contribution in [-0.4, -0.2) is 10.1 Å². The molecule has 2 atom stereocenters. The Hall–Kier alpha value is -0.900. The van der Waals surface area contributed by atoms with Gasteiger partial charge in [0.1, 0.15) is 0 Å². The maximum absolute atomic E-state index is 6.35. The van der Waals surface area contributed by atoms with Crippen molar-refractivity contribution in [2.75, 3.05) is 0 Å². The van der Waals surface area contributed by atoms with E-state index in [0.717, 1.165) is 25.7 Å². The zero-order chi connectivity index (χ0) is 10.9. The number of hydrogen-bond donors (Lipinski definition) is 1. The summed E-state index contributed by atoms with van der Waals surface area (Å²) in [5.74, 6) is 2.05. The van der Waals surface area contributed by atoms with Crippen LogP contribution in [0.1, 0.15) is 51.2 Å². The second-order valence-corrected chi connectivity index (χ2v) is 4.72. The Balaban J connectivity index is 2.20. The molecule has 2 unspecified atom stereocenters. The van der Waals surface area contributed by atoms with E-state index in [4.69, 9.17) is 10.3 Å². The molecule has 1 heterocycles. The molecular weight excluding hydrogens is 190 g/mol. The van der Waals surface area contributed by atoms with Crippen LogP contribution in [0.2, 0.25) is 0 Å². The number of aromatic nitrogens is 2. The molecular formula is C11H19N3O. The van der Waals surface area contributed by atoms with E-state index in [2.05, 4.69) is 17.1 Å². The van der Waals surface area contributed by atoms with Gasteiger partial charge in [-0.05, 0) is 18.8 Å². The maximum Gasteiger partial charge on any atom is 0.226 e. The molecule has 1 saturated carbocycles. The third-order valence-corrected chi connectivity index (χ3v) is 3.25. The molecule has 4 heteroatoms. The molecule has 0 bridgehead atoms. The lowest BCUT2D eigenvalue weighted by Crippen LogP contribution is -2.42. The van der Waals surface area contributed by atoms with Crippen LogP contribution in [0, 0.1) is 5.92 Å². The molecule has 0 amide bonds. The van der Waals surface area contributed by atoms with E-state index in [1.807, 2.05) is 6.92 Å². The van der Waals surface area contributed by atoms with Crippen molar-refractivity contribution in [2.24, 2.45) is 11.7 Å². The Morgan fingerprint density at radius 2 is 2.40 bits per heavy atom. The second-order valence-electron chi connectivity index (χ2n) is 4.72. The Morgan fingerprint density at radius 3 is 3.00 bits per heavy atom. The first-order valence-corrected chi connectivity index (χ1v) is 5.76. The van der Waals surface area contributed by atoms with E-state index in [0.29, 0.717) is 17.6 Å². The fourth-order valence-electron chi connectivity index (χ4n) is 2.40. The highest BCUT2D eigenvalue weighted by Gasteiger charge is 2.36. The van der Waals surface area contributed by atoms with Gasteiger partial charge in [-0.25, -0.2) is 0 Å². The van der Waals surface area contributed by atoms with E-state index in [1.165, 1.54) is 6.42 Å². The third kappa shape index (κ3) is 2.04. The Bertz CT molecular complexity index is 336. The van der Waals surface area contributed by atoms with Gasteiger partial charge in [0, 0.05) is 6.42 Å². The van der Waals surface area contributed by atoms with Crippen molar-refractivity contribution in [3.63, 3.8) is 0 Å². The molecule has 1 aromatic rings. The minimum atomic E-state index is -0.353. The summed E-state index contributed by atoms with van der Waals surface area (Å²) in [6, 6.07) is 0. The summed E-state index contributed by atoms with van der Waals surface area (Å²) >= 11 is 0. The first-order chi connectivity index (χ1) is 7.14. The first-order valence-electron chi connectivity index (χ1n) is 5.76. The molecule has 0 saturated heterocycles. The molecule has 15 heavy (non-hydrogen) atoms. The average Bonchev–Trinajstić information content (AvgIpc) is 2.66. The lowest BCUT2D eigenvalue weighted by Gasteiger charge is -2.33. The lowest BCUT2D eigenvalue weighted by atomic mass is 9.76. The van der Waals surface area contributed by atoms with Gasteiger partial charge in [0.25, 0.3) is 0 Å². The van der Waals surface area contributed by atoms with Gasteiger partial charge < -0.3 is 10.3 Å². The van der Waals surface area contributed by atoms with Crippen molar-refractivity contribution in [2.45, 2.75) is 51.5 Å². The van der Waals surface area contributed by atoms with E-state index >= 15 is 0 Å². The van der Waals surface area contributed by atoms with Crippen molar-refractivity contribution in [3.05, 3.63) is 11.7 Å². The summed E-state index contributed by atoms with van der Waals surface area (Å²) in [7, 11) is 0. The zero-order valence-electron chi connectivity index (χ0n) is 9.49. The molecule has 84 valence electrons. The van der Waals surface area contributed by atoms with Crippen LogP contribution in [-0.2, 0) is 12.0 Å². The van der Waals surface area contributed by atoms with Crippen molar-refractivity contribution in [1.29, 1.82) is 0 Å². The standard InChI is InChI=1S/C11H19N3O/c1-3-9-13-10(14-15-9)11(12)6-4-5-8(2)7-11/h8H,3-7,12H2,1-2H3. The highest BCUT2D eigenvalue weighted by molar-refractivity contribution is 5.06. The van der Waals surface area contributed by atoms with Crippen LogP contribution >= 0.6 is 0 Å². The maximum atomic E-state index is 6.35. The molecule has 2 N–H and O–H groups in total. The van der Waals surface area contributed by atoms with Crippen molar-refractivity contribution >= 4 is 0 Å². The van der Waals surface area contributed by atoms with Gasteiger partial charge in [0.05, 0.1) is 5.54 Å².